The maximum Gasteiger partial charge on any atom is 0.341 e. The zero-order valence-corrected chi connectivity index (χ0v) is 11.0. The maximum atomic E-state index is 11.6. The van der Waals surface area contributed by atoms with Gasteiger partial charge in [0.2, 0.25) is 0 Å². The Kier molecular flexibility index (Phi) is 4.50. The van der Waals surface area contributed by atoms with E-state index in [4.69, 9.17) is 9.47 Å². The lowest BCUT2D eigenvalue weighted by atomic mass is 10.1. The van der Waals surface area contributed by atoms with Crippen molar-refractivity contribution in [3.8, 4) is 5.75 Å². The molecule has 0 atom stereocenters. The number of benzene rings is 2. The lowest BCUT2D eigenvalue weighted by Crippen LogP contribution is -2.05. The second-order valence-corrected chi connectivity index (χ2v) is 4.14. The Morgan fingerprint density at radius 1 is 1.15 bits per heavy atom. The van der Waals surface area contributed by atoms with Crippen molar-refractivity contribution in [1.82, 2.24) is 0 Å². The third kappa shape index (κ3) is 3.23. The molecule has 2 aromatic carbocycles. The number of hydrogen-bond donors (Lipinski definition) is 0. The monoisotopic (exact) mass is 270 g/mol. The second kappa shape index (κ2) is 6.52. The number of methoxy groups -OCH3 is 1. The highest BCUT2D eigenvalue weighted by atomic mass is 16.5. The molecule has 0 unspecified atom stereocenters. The molecular weight excluding hydrogens is 256 g/mol. The topological polar surface area (TPSA) is 52.6 Å². The second-order valence-electron chi connectivity index (χ2n) is 4.14. The van der Waals surface area contributed by atoms with Crippen molar-refractivity contribution in [2.75, 3.05) is 7.11 Å². The standard InChI is InChI=1S/C16H14O4/c1-19-16(18)14-7-2-3-8-15(14)20-11-13-6-4-5-12(9-13)10-17/h2-10H,11H2,1H3. The highest BCUT2D eigenvalue weighted by Crippen LogP contribution is 2.20. The minimum Gasteiger partial charge on any atom is -0.488 e. The van der Waals surface area contributed by atoms with Gasteiger partial charge in [0.1, 0.15) is 24.2 Å². The molecule has 2 rings (SSSR count). The summed E-state index contributed by atoms with van der Waals surface area (Å²) in [7, 11) is 1.33. The number of aldehydes is 1. The van der Waals surface area contributed by atoms with Gasteiger partial charge in [0, 0.05) is 5.56 Å². The average Bonchev–Trinajstić information content (AvgIpc) is 2.52. The zero-order chi connectivity index (χ0) is 14.4. The van der Waals surface area contributed by atoms with Crippen LogP contribution in [-0.2, 0) is 11.3 Å². The molecule has 0 spiro atoms. The van der Waals surface area contributed by atoms with Crippen LogP contribution in [0.1, 0.15) is 26.3 Å². The van der Waals surface area contributed by atoms with Gasteiger partial charge in [0.25, 0.3) is 0 Å². The molecule has 102 valence electrons. The molecule has 0 N–H and O–H groups in total. The van der Waals surface area contributed by atoms with Crippen molar-refractivity contribution >= 4 is 12.3 Å². The van der Waals surface area contributed by atoms with Gasteiger partial charge in [-0.25, -0.2) is 4.79 Å². The summed E-state index contributed by atoms with van der Waals surface area (Å²) in [5.41, 5.74) is 1.82. The van der Waals surface area contributed by atoms with Gasteiger partial charge in [0.05, 0.1) is 7.11 Å². The lowest BCUT2D eigenvalue weighted by Gasteiger charge is -2.10. The molecule has 0 radical (unpaired) electrons. The zero-order valence-electron chi connectivity index (χ0n) is 11.0. The molecule has 0 aliphatic rings. The van der Waals surface area contributed by atoms with Crippen molar-refractivity contribution in [2.24, 2.45) is 0 Å². The van der Waals surface area contributed by atoms with Crippen molar-refractivity contribution in [1.29, 1.82) is 0 Å². The first-order chi connectivity index (χ1) is 9.74. The predicted octanol–water partition coefficient (Wildman–Crippen LogP) is 2.86. The number of esters is 1. The molecule has 4 heteroatoms. The van der Waals surface area contributed by atoms with E-state index >= 15 is 0 Å². The first kappa shape index (κ1) is 13.8. The normalized spacial score (nSPS) is 9.85. The summed E-state index contributed by atoms with van der Waals surface area (Å²) in [4.78, 5) is 22.3. The van der Waals surface area contributed by atoms with E-state index in [0.29, 0.717) is 16.9 Å². The van der Waals surface area contributed by atoms with E-state index in [2.05, 4.69) is 0 Å². The summed E-state index contributed by atoms with van der Waals surface area (Å²) in [6, 6.07) is 14.0. The Bertz CT molecular complexity index is 619. The number of ether oxygens (including phenoxy) is 2. The highest BCUT2D eigenvalue weighted by molar-refractivity contribution is 5.92. The minimum atomic E-state index is -0.442. The molecule has 0 saturated carbocycles. The number of hydrogen-bond acceptors (Lipinski definition) is 4. The highest BCUT2D eigenvalue weighted by Gasteiger charge is 2.12. The molecule has 0 bridgehead atoms. The molecule has 4 nitrogen and oxygen atoms in total. The van der Waals surface area contributed by atoms with E-state index in [1.807, 2.05) is 6.07 Å². The summed E-state index contributed by atoms with van der Waals surface area (Å²) in [5.74, 6) is 0.0121. The number of para-hydroxylation sites is 1. The largest absolute Gasteiger partial charge is 0.488 e. The van der Waals surface area contributed by atoms with Crippen LogP contribution in [0.5, 0.6) is 5.75 Å². The summed E-state index contributed by atoms with van der Waals surface area (Å²) >= 11 is 0. The molecule has 0 saturated heterocycles. The lowest BCUT2D eigenvalue weighted by molar-refractivity contribution is 0.0595. The van der Waals surface area contributed by atoms with Crippen LogP contribution in [0.15, 0.2) is 48.5 Å². The third-order valence-electron chi connectivity index (χ3n) is 2.77. The Morgan fingerprint density at radius 2 is 1.95 bits per heavy atom. The number of carbonyl (C=O) groups is 2. The number of carbonyl (C=O) groups excluding carboxylic acids is 2. The van der Waals surface area contributed by atoms with Gasteiger partial charge in [-0.1, -0.05) is 30.3 Å². The van der Waals surface area contributed by atoms with E-state index in [1.54, 1.807) is 42.5 Å². The van der Waals surface area contributed by atoms with E-state index < -0.39 is 5.97 Å². The minimum absolute atomic E-state index is 0.273. The molecule has 0 amide bonds. The fourth-order valence-corrected chi connectivity index (χ4v) is 1.79. The van der Waals surface area contributed by atoms with E-state index in [9.17, 15) is 9.59 Å². The first-order valence-electron chi connectivity index (χ1n) is 6.09. The van der Waals surface area contributed by atoms with Gasteiger partial charge in [-0.05, 0) is 23.8 Å². The smallest absolute Gasteiger partial charge is 0.341 e. The van der Waals surface area contributed by atoms with Gasteiger partial charge in [-0.3, -0.25) is 4.79 Å². The van der Waals surface area contributed by atoms with Crippen LogP contribution in [0, 0.1) is 0 Å². The van der Waals surface area contributed by atoms with Gasteiger partial charge >= 0.3 is 5.97 Å². The molecule has 0 aliphatic carbocycles. The summed E-state index contributed by atoms with van der Waals surface area (Å²) in [5, 5.41) is 0. The Morgan fingerprint density at radius 3 is 2.70 bits per heavy atom. The summed E-state index contributed by atoms with van der Waals surface area (Å²) in [6.07, 6.45) is 0.784. The van der Waals surface area contributed by atoms with Crippen LogP contribution >= 0.6 is 0 Å². The average molecular weight is 270 g/mol. The molecule has 0 heterocycles. The van der Waals surface area contributed by atoms with Crippen molar-refractivity contribution in [3.63, 3.8) is 0 Å². The number of rotatable bonds is 5. The van der Waals surface area contributed by atoms with Gasteiger partial charge in [0.15, 0.2) is 0 Å². The fourth-order valence-electron chi connectivity index (χ4n) is 1.79. The van der Waals surface area contributed by atoms with Gasteiger partial charge in [-0.2, -0.15) is 0 Å². The van der Waals surface area contributed by atoms with Crippen LogP contribution in [0.3, 0.4) is 0 Å². The van der Waals surface area contributed by atoms with Crippen LogP contribution in [0.4, 0.5) is 0 Å². The quantitative estimate of drug-likeness (QED) is 0.619. The van der Waals surface area contributed by atoms with E-state index in [-0.39, 0.29) is 6.61 Å². The molecule has 0 aliphatic heterocycles. The summed E-state index contributed by atoms with van der Waals surface area (Å²) < 4.78 is 10.3. The van der Waals surface area contributed by atoms with Crippen molar-refractivity contribution in [3.05, 3.63) is 65.2 Å². The van der Waals surface area contributed by atoms with Crippen LogP contribution in [0.2, 0.25) is 0 Å². The Hall–Kier alpha value is -2.62. The maximum absolute atomic E-state index is 11.6. The Labute approximate surface area is 116 Å². The van der Waals surface area contributed by atoms with Crippen molar-refractivity contribution in [2.45, 2.75) is 6.61 Å². The third-order valence-corrected chi connectivity index (χ3v) is 2.77. The van der Waals surface area contributed by atoms with E-state index in [0.717, 1.165) is 11.8 Å². The Balaban J connectivity index is 2.14. The molecule has 0 fully saturated rings. The molecule has 2 aromatic rings. The molecule has 20 heavy (non-hydrogen) atoms. The predicted molar refractivity (Wildman–Crippen MR) is 73.9 cm³/mol. The van der Waals surface area contributed by atoms with Gasteiger partial charge < -0.3 is 9.47 Å². The van der Waals surface area contributed by atoms with Gasteiger partial charge in [-0.15, -0.1) is 0 Å². The van der Waals surface area contributed by atoms with E-state index in [1.165, 1.54) is 7.11 Å². The van der Waals surface area contributed by atoms with Crippen LogP contribution < -0.4 is 4.74 Å². The molecule has 0 aromatic heterocycles. The van der Waals surface area contributed by atoms with Crippen molar-refractivity contribution < 1.29 is 19.1 Å². The van der Waals surface area contributed by atoms with Crippen LogP contribution in [-0.4, -0.2) is 19.4 Å². The molecular formula is C16H14O4. The van der Waals surface area contributed by atoms with Crippen LogP contribution in [0.25, 0.3) is 0 Å². The summed E-state index contributed by atoms with van der Waals surface area (Å²) in [6.45, 7) is 0.273. The SMILES string of the molecule is COC(=O)c1ccccc1OCc1cccc(C=O)c1. The first-order valence-corrected chi connectivity index (χ1v) is 6.09. The fraction of sp³-hybridized carbons (Fsp3) is 0.125.